The molecule has 6 heteroatoms. The van der Waals surface area contributed by atoms with E-state index in [4.69, 9.17) is 18.9 Å². The van der Waals surface area contributed by atoms with Gasteiger partial charge in [-0.15, -0.1) is 0 Å². The van der Waals surface area contributed by atoms with E-state index < -0.39 is 0 Å². The Morgan fingerprint density at radius 2 is 1.74 bits per heavy atom. The van der Waals surface area contributed by atoms with Crippen molar-refractivity contribution in [1.29, 1.82) is 0 Å². The van der Waals surface area contributed by atoms with E-state index in [2.05, 4.69) is 0 Å². The molecule has 0 aliphatic carbocycles. The van der Waals surface area contributed by atoms with Crippen LogP contribution in [0.5, 0.6) is 17.2 Å². The Bertz CT molecular complexity index is 449. The Labute approximate surface area is 111 Å². The van der Waals surface area contributed by atoms with Gasteiger partial charge in [-0.2, -0.15) is 0 Å². The summed E-state index contributed by atoms with van der Waals surface area (Å²) in [6.07, 6.45) is 0. The summed E-state index contributed by atoms with van der Waals surface area (Å²) < 4.78 is 20.9. The molecule has 0 aromatic heterocycles. The van der Waals surface area contributed by atoms with Crippen LogP contribution < -0.4 is 19.1 Å². The van der Waals surface area contributed by atoms with Crippen LogP contribution in [0.2, 0.25) is 0 Å². The standard InChI is InChI=1S/C13H17NO5/c1-16-10-6-9(7-11(17-2)13(10)18-3)14-4-5-19-8-12(14)15/h6-7H,4-5,8H2,1-3H3. The first-order valence-electron chi connectivity index (χ1n) is 5.89. The van der Waals surface area contributed by atoms with Gasteiger partial charge in [0.05, 0.1) is 33.6 Å². The second-order valence-corrected chi connectivity index (χ2v) is 3.98. The molecule has 0 unspecified atom stereocenters. The van der Waals surface area contributed by atoms with Crippen LogP contribution in [-0.2, 0) is 9.53 Å². The summed E-state index contributed by atoms with van der Waals surface area (Å²) >= 11 is 0. The molecular weight excluding hydrogens is 250 g/mol. The summed E-state index contributed by atoms with van der Waals surface area (Å²) in [7, 11) is 4.63. The van der Waals surface area contributed by atoms with Gasteiger partial charge in [-0.05, 0) is 0 Å². The third-order valence-corrected chi connectivity index (χ3v) is 2.95. The SMILES string of the molecule is COc1cc(N2CCOCC2=O)cc(OC)c1OC. The highest BCUT2D eigenvalue weighted by molar-refractivity contribution is 5.95. The van der Waals surface area contributed by atoms with Gasteiger partial charge in [0.1, 0.15) is 6.61 Å². The van der Waals surface area contributed by atoms with Crippen molar-refractivity contribution in [2.75, 3.05) is 46.0 Å². The van der Waals surface area contributed by atoms with Gasteiger partial charge in [0.25, 0.3) is 5.91 Å². The number of methoxy groups -OCH3 is 3. The first-order valence-corrected chi connectivity index (χ1v) is 5.89. The Balaban J connectivity index is 2.43. The van der Waals surface area contributed by atoms with Crippen molar-refractivity contribution >= 4 is 11.6 Å². The molecule has 0 spiro atoms. The van der Waals surface area contributed by atoms with Crippen molar-refractivity contribution in [3.05, 3.63) is 12.1 Å². The minimum absolute atomic E-state index is 0.0828. The number of benzene rings is 1. The second-order valence-electron chi connectivity index (χ2n) is 3.98. The third kappa shape index (κ3) is 2.58. The number of rotatable bonds is 4. The van der Waals surface area contributed by atoms with Gasteiger partial charge < -0.3 is 23.8 Å². The quantitative estimate of drug-likeness (QED) is 0.817. The van der Waals surface area contributed by atoms with Crippen molar-refractivity contribution in [2.24, 2.45) is 0 Å². The second kappa shape index (κ2) is 5.79. The number of morpholine rings is 1. The lowest BCUT2D eigenvalue weighted by Gasteiger charge is -2.27. The number of ether oxygens (including phenoxy) is 4. The van der Waals surface area contributed by atoms with Crippen LogP contribution in [-0.4, -0.2) is 47.0 Å². The van der Waals surface area contributed by atoms with Crippen molar-refractivity contribution < 1.29 is 23.7 Å². The molecule has 0 radical (unpaired) electrons. The molecule has 0 N–H and O–H groups in total. The minimum atomic E-state index is -0.0828. The van der Waals surface area contributed by atoms with E-state index in [0.717, 1.165) is 0 Å². The summed E-state index contributed by atoms with van der Waals surface area (Å²) in [5.74, 6) is 1.47. The summed E-state index contributed by atoms with van der Waals surface area (Å²) in [6.45, 7) is 1.12. The molecule has 0 saturated carbocycles. The molecule has 0 atom stereocenters. The van der Waals surface area contributed by atoms with Crippen molar-refractivity contribution in [2.45, 2.75) is 0 Å². The van der Waals surface area contributed by atoms with E-state index in [-0.39, 0.29) is 12.5 Å². The van der Waals surface area contributed by atoms with Gasteiger partial charge in [0.15, 0.2) is 11.5 Å². The number of nitrogens with zero attached hydrogens (tertiary/aromatic N) is 1. The van der Waals surface area contributed by atoms with Gasteiger partial charge >= 0.3 is 0 Å². The molecule has 1 aromatic rings. The summed E-state index contributed by atoms with van der Waals surface area (Å²) in [4.78, 5) is 13.5. The molecule has 1 aliphatic rings. The molecule has 1 aliphatic heterocycles. The lowest BCUT2D eigenvalue weighted by Crippen LogP contribution is -2.41. The number of carbonyl (C=O) groups is 1. The fraction of sp³-hybridized carbons (Fsp3) is 0.462. The number of hydrogen-bond acceptors (Lipinski definition) is 5. The first-order chi connectivity index (χ1) is 9.21. The molecule has 1 aromatic carbocycles. The molecule has 0 bridgehead atoms. The molecule has 1 heterocycles. The van der Waals surface area contributed by atoms with Gasteiger partial charge in [0.2, 0.25) is 5.75 Å². The van der Waals surface area contributed by atoms with E-state index in [1.165, 1.54) is 0 Å². The number of amides is 1. The highest BCUT2D eigenvalue weighted by atomic mass is 16.5. The van der Waals surface area contributed by atoms with Gasteiger partial charge in [0, 0.05) is 18.7 Å². The molecule has 2 rings (SSSR count). The maximum absolute atomic E-state index is 11.8. The third-order valence-electron chi connectivity index (χ3n) is 2.95. The van der Waals surface area contributed by atoms with Crippen molar-refractivity contribution in [1.82, 2.24) is 0 Å². The van der Waals surface area contributed by atoms with Gasteiger partial charge in [-0.25, -0.2) is 0 Å². The zero-order valence-corrected chi connectivity index (χ0v) is 11.3. The first kappa shape index (κ1) is 13.5. The Morgan fingerprint density at radius 1 is 1.11 bits per heavy atom. The van der Waals surface area contributed by atoms with Crippen LogP contribution in [0.15, 0.2) is 12.1 Å². The zero-order chi connectivity index (χ0) is 13.8. The Hall–Kier alpha value is -1.95. The maximum Gasteiger partial charge on any atom is 0.253 e. The largest absolute Gasteiger partial charge is 0.493 e. The van der Waals surface area contributed by atoms with E-state index in [1.807, 2.05) is 0 Å². The molecule has 104 valence electrons. The number of hydrogen-bond donors (Lipinski definition) is 0. The lowest BCUT2D eigenvalue weighted by molar-refractivity contribution is -0.125. The Kier molecular flexibility index (Phi) is 4.11. The van der Waals surface area contributed by atoms with Crippen LogP contribution in [0, 0.1) is 0 Å². The zero-order valence-electron chi connectivity index (χ0n) is 11.3. The molecular formula is C13H17NO5. The molecule has 1 saturated heterocycles. The molecule has 6 nitrogen and oxygen atoms in total. The minimum Gasteiger partial charge on any atom is -0.493 e. The molecule has 1 amide bonds. The maximum atomic E-state index is 11.8. The van der Waals surface area contributed by atoms with E-state index in [1.54, 1.807) is 38.4 Å². The van der Waals surface area contributed by atoms with Crippen LogP contribution in [0.3, 0.4) is 0 Å². The van der Waals surface area contributed by atoms with Crippen LogP contribution in [0.1, 0.15) is 0 Å². The number of carbonyl (C=O) groups excluding carboxylic acids is 1. The fourth-order valence-electron chi connectivity index (χ4n) is 2.01. The normalized spacial score (nSPS) is 15.3. The molecule has 1 fully saturated rings. The highest BCUT2D eigenvalue weighted by Crippen LogP contribution is 2.41. The van der Waals surface area contributed by atoms with Gasteiger partial charge in [-0.3, -0.25) is 4.79 Å². The van der Waals surface area contributed by atoms with Crippen molar-refractivity contribution in [3.63, 3.8) is 0 Å². The van der Waals surface area contributed by atoms with Crippen LogP contribution in [0.25, 0.3) is 0 Å². The van der Waals surface area contributed by atoms with Crippen LogP contribution in [0.4, 0.5) is 5.69 Å². The number of anilines is 1. The van der Waals surface area contributed by atoms with Crippen LogP contribution >= 0.6 is 0 Å². The highest BCUT2D eigenvalue weighted by Gasteiger charge is 2.23. The lowest BCUT2D eigenvalue weighted by atomic mass is 10.2. The van der Waals surface area contributed by atoms with E-state index in [9.17, 15) is 4.79 Å². The van der Waals surface area contributed by atoms with E-state index >= 15 is 0 Å². The van der Waals surface area contributed by atoms with Crippen molar-refractivity contribution in [3.8, 4) is 17.2 Å². The summed E-state index contributed by atoms with van der Waals surface area (Å²) in [6, 6.07) is 3.51. The molecule has 19 heavy (non-hydrogen) atoms. The topological polar surface area (TPSA) is 57.2 Å². The average molecular weight is 267 g/mol. The monoisotopic (exact) mass is 267 g/mol. The smallest absolute Gasteiger partial charge is 0.253 e. The fourth-order valence-corrected chi connectivity index (χ4v) is 2.01. The predicted molar refractivity (Wildman–Crippen MR) is 69.3 cm³/mol. The summed E-state index contributed by atoms with van der Waals surface area (Å²) in [5.41, 5.74) is 0.711. The summed E-state index contributed by atoms with van der Waals surface area (Å²) in [5, 5.41) is 0. The van der Waals surface area contributed by atoms with E-state index in [0.29, 0.717) is 36.1 Å². The Morgan fingerprint density at radius 3 is 2.21 bits per heavy atom. The van der Waals surface area contributed by atoms with Gasteiger partial charge in [-0.1, -0.05) is 0 Å². The predicted octanol–water partition coefficient (Wildman–Crippen LogP) is 1.08. The average Bonchev–Trinajstić information content (AvgIpc) is 2.46.